The van der Waals surface area contributed by atoms with Crippen molar-refractivity contribution in [3.05, 3.63) is 30.1 Å². The summed E-state index contributed by atoms with van der Waals surface area (Å²) in [6, 6.07) is 5.81. The molecule has 0 saturated heterocycles. The minimum atomic E-state index is 0.0901. The molecule has 0 amide bonds. The maximum atomic E-state index is 10.7. The van der Waals surface area contributed by atoms with E-state index in [0.717, 1.165) is 16.6 Å². The third-order valence-electron chi connectivity index (χ3n) is 2.02. The van der Waals surface area contributed by atoms with Crippen molar-refractivity contribution >= 4 is 27.9 Å². The zero-order valence-corrected chi connectivity index (χ0v) is 9.60. The molecular weight excluding hydrogens is 220 g/mol. The van der Waals surface area contributed by atoms with Gasteiger partial charge in [0.1, 0.15) is 5.52 Å². The minimum Gasteiger partial charge on any atom is -0.345 e. The van der Waals surface area contributed by atoms with Gasteiger partial charge in [0.15, 0.2) is 5.12 Å². The van der Waals surface area contributed by atoms with Crippen LogP contribution >= 0.6 is 11.8 Å². The van der Waals surface area contributed by atoms with Gasteiger partial charge in [0, 0.05) is 6.92 Å². The summed E-state index contributed by atoms with van der Waals surface area (Å²) in [4.78, 5) is 17.9. The maximum absolute atomic E-state index is 10.7. The molecule has 0 bridgehead atoms. The van der Waals surface area contributed by atoms with E-state index >= 15 is 0 Å². The molecule has 0 aliphatic rings. The minimum absolute atomic E-state index is 0.0901. The molecule has 3 nitrogen and oxygen atoms in total. The number of benzene rings is 1. The molecule has 1 heterocycles. The van der Waals surface area contributed by atoms with E-state index in [0.29, 0.717) is 5.75 Å². The van der Waals surface area contributed by atoms with Crippen molar-refractivity contribution in [3.63, 3.8) is 0 Å². The number of nitrogens with zero attached hydrogens (tertiary/aromatic N) is 1. The Labute approximate surface area is 97.7 Å². The number of H-pyrrole nitrogens is 1. The van der Waals surface area contributed by atoms with Gasteiger partial charge < -0.3 is 4.98 Å². The number of fused-ring (bicyclic) bond motifs is 1. The first-order chi connectivity index (χ1) is 7.77. The van der Waals surface area contributed by atoms with Crippen LogP contribution in [-0.4, -0.2) is 20.8 Å². The van der Waals surface area contributed by atoms with Crippen LogP contribution in [0.1, 0.15) is 12.5 Å². The Kier molecular flexibility index (Phi) is 3.28. The molecule has 2 rings (SSSR count). The van der Waals surface area contributed by atoms with Gasteiger partial charge >= 0.3 is 0 Å². The highest BCUT2D eigenvalue weighted by Gasteiger charge is 1.99. The normalized spacial score (nSPS) is 9.81. The van der Waals surface area contributed by atoms with Crippen LogP contribution in [0.5, 0.6) is 0 Å². The number of aromatic amines is 1. The molecule has 1 aromatic heterocycles. The number of para-hydroxylation sites is 1. The number of hydrogen-bond acceptors (Lipinski definition) is 3. The first kappa shape index (κ1) is 10.8. The second-order valence-corrected chi connectivity index (χ2v) is 4.34. The van der Waals surface area contributed by atoms with E-state index in [9.17, 15) is 4.79 Å². The van der Waals surface area contributed by atoms with Crippen LogP contribution in [0.15, 0.2) is 24.5 Å². The molecule has 1 aromatic carbocycles. The molecule has 4 heteroatoms. The van der Waals surface area contributed by atoms with Crippen LogP contribution in [0.3, 0.4) is 0 Å². The van der Waals surface area contributed by atoms with E-state index in [-0.39, 0.29) is 5.12 Å². The van der Waals surface area contributed by atoms with Gasteiger partial charge in [0.2, 0.25) is 0 Å². The maximum Gasteiger partial charge on any atom is 0.186 e. The highest BCUT2D eigenvalue weighted by molar-refractivity contribution is 8.13. The molecule has 0 atom stereocenters. The number of hydrogen-bond donors (Lipinski definition) is 1. The molecule has 0 spiro atoms. The third-order valence-corrected chi connectivity index (χ3v) is 2.72. The topological polar surface area (TPSA) is 45.8 Å². The Morgan fingerprint density at radius 2 is 2.44 bits per heavy atom. The van der Waals surface area contributed by atoms with E-state index in [1.165, 1.54) is 11.8 Å². The highest BCUT2D eigenvalue weighted by atomic mass is 32.2. The van der Waals surface area contributed by atoms with Crippen molar-refractivity contribution in [1.82, 2.24) is 9.97 Å². The summed E-state index contributed by atoms with van der Waals surface area (Å²) in [7, 11) is 0. The molecule has 0 fully saturated rings. The van der Waals surface area contributed by atoms with Crippen molar-refractivity contribution < 1.29 is 4.79 Å². The van der Waals surface area contributed by atoms with Gasteiger partial charge in [-0.2, -0.15) is 0 Å². The predicted molar refractivity (Wildman–Crippen MR) is 66.1 cm³/mol. The van der Waals surface area contributed by atoms with E-state index in [1.54, 1.807) is 13.3 Å². The van der Waals surface area contributed by atoms with E-state index in [4.69, 9.17) is 0 Å². The smallest absolute Gasteiger partial charge is 0.186 e. The molecule has 2 aromatic rings. The fourth-order valence-electron chi connectivity index (χ4n) is 1.34. The third kappa shape index (κ3) is 2.44. The van der Waals surface area contributed by atoms with Gasteiger partial charge in [-0.05, 0) is 12.1 Å². The Morgan fingerprint density at radius 1 is 1.56 bits per heavy atom. The summed E-state index contributed by atoms with van der Waals surface area (Å²) < 4.78 is 0. The van der Waals surface area contributed by atoms with Crippen LogP contribution in [-0.2, 0) is 4.79 Å². The van der Waals surface area contributed by atoms with Crippen molar-refractivity contribution in [2.24, 2.45) is 0 Å². The molecule has 80 valence electrons. The fourth-order valence-corrected chi connectivity index (χ4v) is 1.68. The zero-order chi connectivity index (χ0) is 11.4. The molecule has 0 saturated carbocycles. The van der Waals surface area contributed by atoms with Crippen LogP contribution < -0.4 is 0 Å². The second-order valence-electron chi connectivity index (χ2n) is 3.19. The first-order valence-corrected chi connectivity index (χ1v) is 5.80. The molecular formula is C12H10N2OS. The summed E-state index contributed by atoms with van der Waals surface area (Å²) in [6.45, 7) is 1.54. The average molecular weight is 230 g/mol. The zero-order valence-electron chi connectivity index (χ0n) is 8.78. The van der Waals surface area contributed by atoms with Gasteiger partial charge in [-0.25, -0.2) is 4.98 Å². The molecule has 0 radical (unpaired) electrons. The lowest BCUT2D eigenvalue weighted by molar-refractivity contribution is -0.109. The lowest BCUT2D eigenvalue weighted by Crippen LogP contribution is -1.83. The average Bonchev–Trinajstić information content (AvgIpc) is 2.72. The standard InChI is InChI=1S/C12H10N2OS/c1-9(15)16-7-3-5-10-4-2-6-11-12(10)14-8-13-11/h2,4,6,8H,7H2,1H3,(H,13,14). The molecule has 0 aliphatic carbocycles. The first-order valence-electron chi connectivity index (χ1n) is 4.81. The molecule has 0 unspecified atom stereocenters. The van der Waals surface area contributed by atoms with Gasteiger partial charge in [-0.1, -0.05) is 29.7 Å². The van der Waals surface area contributed by atoms with Crippen molar-refractivity contribution in [1.29, 1.82) is 0 Å². The lowest BCUT2D eigenvalue weighted by Gasteiger charge is -1.91. The number of aromatic nitrogens is 2. The van der Waals surface area contributed by atoms with E-state index in [2.05, 4.69) is 21.8 Å². The van der Waals surface area contributed by atoms with Gasteiger partial charge in [0.05, 0.1) is 23.2 Å². The Bertz CT molecular complexity index is 577. The number of imidazole rings is 1. The number of nitrogens with one attached hydrogen (secondary N) is 1. The summed E-state index contributed by atoms with van der Waals surface area (Å²) >= 11 is 1.22. The van der Waals surface area contributed by atoms with Crippen molar-refractivity contribution in [3.8, 4) is 11.8 Å². The van der Waals surface area contributed by atoms with E-state index in [1.807, 2.05) is 18.2 Å². The summed E-state index contributed by atoms with van der Waals surface area (Å²) in [5, 5.41) is 0.0901. The largest absolute Gasteiger partial charge is 0.345 e. The number of carbonyl (C=O) groups excluding carboxylic acids is 1. The van der Waals surface area contributed by atoms with Crippen LogP contribution in [0.2, 0.25) is 0 Å². The Morgan fingerprint density at radius 3 is 3.25 bits per heavy atom. The number of thioether (sulfide) groups is 1. The molecule has 1 N–H and O–H groups in total. The Hall–Kier alpha value is -1.73. The van der Waals surface area contributed by atoms with Crippen LogP contribution in [0.4, 0.5) is 0 Å². The van der Waals surface area contributed by atoms with E-state index < -0.39 is 0 Å². The lowest BCUT2D eigenvalue weighted by atomic mass is 10.2. The molecule has 16 heavy (non-hydrogen) atoms. The summed E-state index contributed by atoms with van der Waals surface area (Å²) in [6.07, 6.45) is 1.65. The quantitative estimate of drug-likeness (QED) is 0.764. The summed E-state index contributed by atoms with van der Waals surface area (Å²) in [5.74, 6) is 6.50. The highest BCUT2D eigenvalue weighted by Crippen LogP contribution is 2.13. The van der Waals surface area contributed by atoms with Gasteiger partial charge in [-0.15, -0.1) is 0 Å². The SMILES string of the molecule is CC(=O)SCC#Cc1cccc2[nH]cnc12. The Balaban J connectivity index is 2.20. The second kappa shape index (κ2) is 4.86. The predicted octanol–water partition coefficient (Wildman–Crippen LogP) is 2.19. The fraction of sp³-hybridized carbons (Fsp3) is 0.167. The number of carbonyl (C=O) groups is 1. The van der Waals surface area contributed by atoms with Crippen LogP contribution in [0.25, 0.3) is 11.0 Å². The van der Waals surface area contributed by atoms with Crippen molar-refractivity contribution in [2.45, 2.75) is 6.92 Å². The van der Waals surface area contributed by atoms with Crippen LogP contribution in [0, 0.1) is 11.8 Å². The van der Waals surface area contributed by atoms with Gasteiger partial charge in [-0.3, -0.25) is 4.79 Å². The number of rotatable bonds is 1. The van der Waals surface area contributed by atoms with Gasteiger partial charge in [0.25, 0.3) is 0 Å². The monoisotopic (exact) mass is 230 g/mol. The molecule has 0 aliphatic heterocycles. The summed E-state index contributed by atoms with van der Waals surface area (Å²) in [5.41, 5.74) is 2.75. The van der Waals surface area contributed by atoms with Crippen molar-refractivity contribution in [2.75, 3.05) is 5.75 Å².